The Morgan fingerprint density at radius 3 is 2.94 bits per heavy atom. The first-order valence-electron chi connectivity index (χ1n) is 5.86. The molecule has 0 saturated carbocycles. The van der Waals surface area contributed by atoms with Gasteiger partial charge in [0, 0.05) is 37.3 Å². The molecular weight excluding hydrogens is 236 g/mol. The minimum atomic E-state index is -0.237. The molecule has 1 saturated heterocycles. The van der Waals surface area contributed by atoms with Crippen LogP contribution in [0.3, 0.4) is 0 Å². The number of piperidine rings is 1. The van der Waals surface area contributed by atoms with Gasteiger partial charge in [-0.3, -0.25) is 9.69 Å². The first-order chi connectivity index (χ1) is 8.24. The van der Waals surface area contributed by atoms with Crippen molar-refractivity contribution in [2.75, 3.05) is 19.6 Å². The lowest BCUT2D eigenvalue weighted by Crippen LogP contribution is -2.45. The van der Waals surface area contributed by atoms with E-state index in [0.717, 1.165) is 37.5 Å². The number of amides is 1. The Kier molecular flexibility index (Phi) is 4.47. The maximum Gasteiger partial charge on any atom is 0.231 e. The zero-order chi connectivity index (χ0) is 12.1. The van der Waals surface area contributed by atoms with Crippen LogP contribution in [0.25, 0.3) is 0 Å². The first-order valence-corrected chi connectivity index (χ1v) is 6.74. The highest BCUT2D eigenvalue weighted by atomic mass is 32.1. The number of primary amides is 1. The molecule has 1 aromatic rings. The average Bonchev–Trinajstić information content (AvgIpc) is 2.80. The number of carbonyl (C=O) groups is 1. The summed E-state index contributed by atoms with van der Waals surface area (Å²) < 4.78 is 0. The molecule has 0 aliphatic carbocycles. The van der Waals surface area contributed by atoms with E-state index in [0.29, 0.717) is 12.6 Å². The van der Waals surface area contributed by atoms with Crippen molar-refractivity contribution in [3.05, 3.63) is 16.6 Å². The van der Waals surface area contributed by atoms with E-state index in [4.69, 9.17) is 5.73 Å². The van der Waals surface area contributed by atoms with E-state index in [9.17, 15) is 4.79 Å². The van der Waals surface area contributed by atoms with Crippen molar-refractivity contribution < 1.29 is 4.79 Å². The zero-order valence-electron chi connectivity index (χ0n) is 9.76. The summed E-state index contributed by atoms with van der Waals surface area (Å²) in [5, 5.41) is 6.62. The molecule has 2 heterocycles. The molecule has 0 spiro atoms. The van der Waals surface area contributed by atoms with Crippen molar-refractivity contribution in [3.8, 4) is 0 Å². The average molecular weight is 254 g/mol. The zero-order valence-corrected chi connectivity index (χ0v) is 10.6. The Hall–Kier alpha value is -0.980. The number of hydrogen-bond acceptors (Lipinski definition) is 5. The largest absolute Gasteiger partial charge is 0.369 e. The molecule has 94 valence electrons. The summed E-state index contributed by atoms with van der Waals surface area (Å²) in [6.45, 7) is 3.12. The van der Waals surface area contributed by atoms with Crippen molar-refractivity contribution in [1.29, 1.82) is 0 Å². The number of nitrogens with zero attached hydrogens (tertiary/aromatic N) is 2. The molecule has 1 aliphatic rings. The first kappa shape index (κ1) is 12.5. The Labute approximate surface area is 105 Å². The van der Waals surface area contributed by atoms with Crippen molar-refractivity contribution in [2.45, 2.75) is 25.4 Å². The van der Waals surface area contributed by atoms with Crippen LogP contribution in [0.15, 0.2) is 11.6 Å². The van der Waals surface area contributed by atoms with Gasteiger partial charge in [-0.1, -0.05) is 0 Å². The van der Waals surface area contributed by atoms with Gasteiger partial charge < -0.3 is 11.1 Å². The Balaban J connectivity index is 1.67. The van der Waals surface area contributed by atoms with Crippen LogP contribution < -0.4 is 11.1 Å². The molecule has 5 nitrogen and oxygen atoms in total. The third-order valence-electron chi connectivity index (χ3n) is 2.99. The summed E-state index contributed by atoms with van der Waals surface area (Å²) in [4.78, 5) is 17.1. The van der Waals surface area contributed by atoms with E-state index in [1.54, 1.807) is 11.3 Å². The fourth-order valence-electron chi connectivity index (χ4n) is 2.09. The summed E-state index contributed by atoms with van der Waals surface area (Å²) in [7, 11) is 0. The van der Waals surface area contributed by atoms with E-state index < -0.39 is 0 Å². The molecular formula is C11H18N4OS. The normalized spacial score (nSPS) is 18.4. The predicted octanol–water partition coefficient (Wildman–Crippen LogP) is 0.182. The van der Waals surface area contributed by atoms with Crippen molar-refractivity contribution >= 4 is 17.2 Å². The summed E-state index contributed by atoms with van der Waals surface area (Å²) >= 11 is 1.68. The molecule has 1 fully saturated rings. The molecule has 17 heavy (non-hydrogen) atoms. The lowest BCUT2D eigenvalue weighted by molar-refractivity contribution is -0.119. The van der Waals surface area contributed by atoms with Crippen LogP contribution in [0.5, 0.6) is 0 Å². The maximum atomic E-state index is 10.8. The van der Waals surface area contributed by atoms with Gasteiger partial charge in [0.2, 0.25) is 5.91 Å². The van der Waals surface area contributed by atoms with E-state index in [2.05, 4.69) is 15.2 Å². The number of carbonyl (C=O) groups excluding carboxylic acids is 1. The number of rotatable bonds is 5. The van der Waals surface area contributed by atoms with Gasteiger partial charge in [-0.2, -0.15) is 0 Å². The van der Waals surface area contributed by atoms with Gasteiger partial charge in [0.05, 0.1) is 6.54 Å². The van der Waals surface area contributed by atoms with Crippen LogP contribution >= 0.6 is 11.3 Å². The number of aromatic nitrogens is 1. The molecule has 0 aromatic carbocycles. The highest BCUT2D eigenvalue weighted by molar-refractivity contribution is 7.09. The van der Waals surface area contributed by atoms with Gasteiger partial charge in [-0.05, 0) is 12.8 Å². The van der Waals surface area contributed by atoms with E-state index in [1.807, 2.05) is 11.6 Å². The second-order valence-corrected chi connectivity index (χ2v) is 5.30. The lowest BCUT2D eigenvalue weighted by atomic mass is 10.1. The smallest absolute Gasteiger partial charge is 0.231 e. The molecule has 1 aromatic heterocycles. The Morgan fingerprint density at radius 1 is 1.59 bits per heavy atom. The molecule has 0 radical (unpaired) electrons. The van der Waals surface area contributed by atoms with Gasteiger partial charge in [0.25, 0.3) is 0 Å². The fraction of sp³-hybridized carbons (Fsp3) is 0.636. The predicted molar refractivity (Wildman–Crippen MR) is 67.6 cm³/mol. The number of thiazole rings is 1. The Morgan fingerprint density at radius 2 is 2.35 bits per heavy atom. The summed E-state index contributed by atoms with van der Waals surface area (Å²) in [5.41, 5.74) is 5.18. The standard InChI is InChI=1S/C11H18N4OS/c12-10(16)8-15-4-1-9(2-5-15)14-7-11-13-3-6-17-11/h3,6,9,14H,1-2,4-5,7-8H2,(H2,12,16). The van der Waals surface area contributed by atoms with Gasteiger partial charge >= 0.3 is 0 Å². The van der Waals surface area contributed by atoms with Crippen molar-refractivity contribution in [2.24, 2.45) is 5.73 Å². The van der Waals surface area contributed by atoms with Gasteiger partial charge in [-0.25, -0.2) is 4.98 Å². The third kappa shape index (κ3) is 4.07. The fourth-order valence-corrected chi connectivity index (χ4v) is 2.65. The molecule has 1 amide bonds. The summed E-state index contributed by atoms with van der Waals surface area (Å²) in [5.74, 6) is -0.237. The van der Waals surface area contributed by atoms with Crippen LogP contribution in [-0.4, -0.2) is 41.5 Å². The second-order valence-electron chi connectivity index (χ2n) is 4.32. The van der Waals surface area contributed by atoms with Crippen LogP contribution in [-0.2, 0) is 11.3 Å². The minimum absolute atomic E-state index is 0.237. The number of nitrogens with two attached hydrogens (primary N) is 1. The molecule has 0 unspecified atom stereocenters. The van der Waals surface area contributed by atoms with E-state index in [1.165, 1.54) is 0 Å². The van der Waals surface area contributed by atoms with Crippen LogP contribution in [0.2, 0.25) is 0 Å². The van der Waals surface area contributed by atoms with Crippen LogP contribution in [0.4, 0.5) is 0 Å². The monoisotopic (exact) mass is 254 g/mol. The minimum Gasteiger partial charge on any atom is -0.369 e. The van der Waals surface area contributed by atoms with Crippen LogP contribution in [0, 0.1) is 0 Å². The molecule has 3 N–H and O–H groups in total. The summed E-state index contributed by atoms with van der Waals surface area (Å²) in [6, 6.07) is 0.531. The van der Waals surface area contributed by atoms with Crippen molar-refractivity contribution in [3.63, 3.8) is 0 Å². The van der Waals surface area contributed by atoms with E-state index in [-0.39, 0.29) is 5.91 Å². The van der Waals surface area contributed by atoms with Crippen LogP contribution in [0.1, 0.15) is 17.8 Å². The van der Waals surface area contributed by atoms with Gasteiger partial charge in [-0.15, -0.1) is 11.3 Å². The SMILES string of the molecule is NC(=O)CN1CCC(NCc2nccs2)CC1. The highest BCUT2D eigenvalue weighted by Gasteiger charge is 2.19. The summed E-state index contributed by atoms with van der Waals surface area (Å²) in [6.07, 6.45) is 3.97. The number of likely N-dealkylation sites (tertiary alicyclic amines) is 1. The van der Waals surface area contributed by atoms with Gasteiger partial charge in [0.15, 0.2) is 0 Å². The molecule has 0 bridgehead atoms. The molecule has 0 atom stereocenters. The molecule has 1 aliphatic heterocycles. The molecule has 6 heteroatoms. The van der Waals surface area contributed by atoms with Gasteiger partial charge in [0.1, 0.15) is 5.01 Å². The molecule has 2 rings (SSSR count). The van der Waals surface area contributed by atoms with Crippen molar-refractivity contribution in [1.82, 2.24) is 15.2 Å². The number of hydrogen-bond donors (Lipinski definition) is 2. The Bertz CT molecular complexity index is 346. The second kappa shape index (κ2) is 6.09. The highest BCUT2D eigenvalue weighted by Crippen LogP contribution is 2.11. The maximum absolute atomic E-state index is 10.8. The third-order valence-corrected chi connectivity index (χ3v) is 3.77. The topological polar surface area (TPSA) is 71.2 Å². The quantitative estimate of drug-likeness (QED) is 0.786. The van der Waals surface area contributed by atoms with E-state index >= 15 is 0 Å². The number of nitrogens with one attached hydrogen (secondary N) is 1. The lowest BCUT2D eigenvalue weighted by Gasteiger charge is -2.31.